The molecule has 19 heavy (non-hydrogen) atoms. The van der Waals surface area contributed by atoms with Crippen LogP contribution in [-0.2, 0) is 4.74 Å². The fraction of sp³-hybridized carbons (Fsp3) is 0.933. The molecule has 1 rings (SSSR count). The van der Waals surface area contributed by atoms with Crippen molar-refractivity contribution in [2.24, 2.45) is 21.7 Å². The van der Waals surface area contributed by atoms with Crippen LogP contribution in [0.5, 0.6) is 0 Å². The molecule has 3 N–H and O–H groups in total. The van der Waals surface area contributed by atoms with E-state index in [1.807, 2.05) is 13.8 Å². The average molecular weight is 270 g/mol. The summed E-state index contributed by atoms with van der Waals surface area (Å²) < 4.78 is 5.94. The van der Waals surface area contributed by atoms with Crippen molar-refractivity contribution >= 4 is 5.84 Å². The molecule has 0 amide bonds. The zero-order valence-corrected chi connectivity index (χ0v) is 12.9. The van der Waals surface area contributed by atoms with Crippen molar-refractivity contribution in [1.82, 2.24) is 0 Å². The molecule has 0 aromatic rings. The normalized spacial score (nSPS) is 21.6. The predicted octanol–water partition coefficient (Wildman–Crippen LogP) is 3.52. The zero-order chi connectivity index (χ0) is 14.5. The summed E-state index contributed by atoms with van der Waals surface area (Å²) in [4.78, 5) is 0. The van der Waals surface area contributed by atoms with Gasteiger partial charge in [0.15, 0.2) is 0 Å². The molecule has 0 atom stereocenters. The number of ether oxygens (including phenoxy) is 1. The summed E-state index contributed by atoms with van der Waals surface area (Å²) in [5, 5.41) is 11.8. The molecule has 4 heteroatoms. The van der Waals surface area contributed by atoms with Crippen LogP contribution in [0, 0.1) is 10.8 Å². The molecular formula is C15H30N2O2. The van der Waals surface area contributed by atoms with E-state index < -0.39 is 0 Å². The van der Waals surface area contributed by atoms with Crippen LogP contribution >= 0.6 is 0 Å². The van der Waals surface area contributed by atoms with Crippen LogP contribution in [0.2, 0.25) is 0 Å². The summed E-state index contributed by atoms with van der Waals surface area (Å²) in [6.45, 7) is 9.43. The lowest BCUT2D eigenvalue weighted by Gasteiger charge is -2.34. The third kappa shape index (κ3) is 5.39. The molecule has 1 saturated carbocycles. The molecule has 1 fully saturated rings. The number of rotatable bonds is 6. The number of amidine groups is 1. The van der Waals surface area contributed by atoms with Gasteiger partial charge in [-0.2, -0.15) is 0 Å². The summed E-state index contributed by atoms with van der Waals surface area (Å²) in [6.07, 6.45) is 7.12. The summed E-state index contributed by atoms with van der Waals surface area (Å²) >= 11 is 0. The van der Waals surface area contributed by atoms with Crippen LogP contribution in [0.4, 0.5) is 0 Å². The molecule has 1 aliphatic rings. The van der Waals surface area contributed by atoms with Gasteiger partial charge in [-0.3, -0.25) is 0 Å². The molecule has 112 valence electrons. The number of nitrogens with zero attached hydrogens (tertiary/aromatic N) is 1. The van der Waals surface area contributed by atoms with Crippen molar-refractivity contribution in [2.75, 3.05) is 6.61 Å². The fourth-order valence-corrected chi connectivity index (χ4v) is 2.57. The molecule has 0 saturated heterocycles. The number of hydrogen-bond donors (Lipinski definition) is 2. The Kier molecular flexibility index (Phi) is 5.65. The van der Waals surface area contributed by atoms with Crippen LogP contribution in [0.3, 0.4) is 0 Å². The van der Waals surface area contributed by atoms with Gasteiger partial charge in [0, 0.05) is 12.0 Å². The second-order valence-corrected chi connectivity index (χ2v) is 7.21. The maximum atomic E-state index is 8.71. The monoisotopic (exact) mass is 270 g/mol. The van der Waals surface area contributed by atoms with Gasteiger partial charge in [0.2, 0.25) is 0 Å². The van der Waals surface area contributed by atoms with E-state index in [0.29, 0.717) is 17.4 Å². The minimum atomic E-state index is -0.257. The van der Waals surface area contributed by atoms with Crippen molar-refractivity contribution in [3.63, 3.8) is 0 Å². The van der Waals surface area contributed by atoms with E-state index in [1.165, 1.54) is 25.7 Å². The smallest absolute Gasteiger partial charge is 0.144 e. The lowest BCUT2D eigenvalue weighted by atomic mass is 9.76. The molecule has 0 heterocycles. The Bertz CT molecular complexity index is 301. The quantitative estimate of drug-likeness (QED) is 0.255. The Hall–Kier alpha value is -0.770. The highest BCUT2D eigenvalue weighted by Gasteiger charge is 2.27. The fourth-order valence-electron chi connectivity index (χ4n) is 2.57. The molecule has 0 aliphatic heterocycles. The first-order chi connectivity index (χ1) is 8.77. The maximum absolute atomic E-state index is 8.71. The summed E-state index contributed by atoms with van der Waals surface area (Å²) in [6, 6.07) is 0. The number of hydrogen-bond acceptors (Lipinski definition) is 3. The Morgan fingerprint density at radius 3 is 2.47 bits per heavy atom. The second kappa shape index (κ2) is 6.60. The van der Waals surface area contributed by atoms with Crippen molar-refractivity contribution in [2.45, 2.75) is 72.3 Å². The summed E-state index contributed by atoms with van der Waals surface area (Å²) in [7, 11) is 0. The molecule has 1 aliphatic carbocycles. The van der Waals surface area contributed by atoms with Gasteiger partial charge in [-0.15, -0.1) is 0 Å². The topological polar surface area (TPSA) is 67.8 Å². The lowest BCUT2D eigenvalue weighted by Crippen LogP contribution is -2.32. The number of oxime groups is 1. The Balaban J connectivity index is 2.18. The van der Waals surface area contributed by atoms with Gasteiger partial charge in [-0.1, -0.05) is 32.9 Å². The van der Waals surface area contributed by atoms with Crippen molar-refractivity contribution in [1.29, 1.82) is 0 Å². The molecule has 4 nitrogen and oxygen atoms in total. The Morgan fingerprint density at radius 2 is 1.95 bits per heavy atom. The molecular weight excluding hydrogens is 240 g/mol. The van der Waals surface area contributed by atoms with Crippen LogP contribution in [0.15, 0.2) is 5.16 Å². The molecule has 0 aromatic heterocycles. The Labute approximate surface area is 117 Å². The third-order valence-electron chi connectivity index (χ3n) is 4.39. The van der Waals surface area contributed by atoms with E-state index >= 15 is 0 Å². The van der Waals surface area contributed by atoms with Crippen LogP contribution < -0.4 is 5.73 Å². The van der Waals surface area contributed by atoms with E-state index in [9.17, 15) is 0 Å². The SMILES string of the molecule is CC1(C)CCC(OCCCC(C)(C)C(N)=NO)CC1. The first kappa shape index (κ1) is 16.3. The maximum Gasteiger partial charge on any atom is 0.144 e. The number of nitrogens with two attached hydrogens (primary N) is 1. The minimum Gasteiger partial charge on any atom is -0.409 e. The highest BCUT2D eigenvalue weighted by molar-refractivity contribution is 5.85. The second-order valence-electron chi connectivity index (χ2n) is 7.21. The third-order valence-corrected chi connectivity index (χ3v) is 4.39. The van der Waals surface area contributed by atoms with Gasteiger partial charge in [-0.05, 0) is 43.9 Å². The van der Waals surface area contributed by atoms with E-state index in [-0.39, 0.29) is 5.41 Å². The average Bonchev–Trinajstić information content (AvgIpc) is 2.35. The van der Waals surface area contributed by atoms with Crippen molar-refractivity contribution < 1.29 is 9.94 Å². The van der Waals surface area contributed by atoms with E-state index in [4.69, 9.17) is 15.7 Å². The van der Waals surface area contributed by atoms with Crippen LogP contribution in [0.25, 0.3) is 0 Å². The van der Waals surface area contributed by atoms with Gasteiger partial charge in [0.25, 0.3) is 0 Å². The van der Waals surface area contributed by atoms with Gasteiger partial charge in [0.05, 0.1) is 6.10 Å². The molecule has 0 bridgehead atoms. The standard InChI is InChI=1S/C15H30N2O2/c1-14(2)9-6-12(7-10-14)19-11-5-8-15(3,4)13(16)17-18/h12,18H,5-11H2,1-4H3,(H2,16,17). The van der Waals surface area contributed by atoms with Crippen molar-refractivity contribution in [3.8, 4) is 0 Å². The molecule has 0 unspecified atom stereocenters. The summed E-state index contributed by atoms with van der Waals surface area (Å²) in [5.41, 5.74) is 5.90. The van der Waals surface area contributed by atoms with Crippen molar-refractivity contribution in [3.05, 3.63) is 0 Å². The zero-order valence-electron chi connectivity index (χ0n) is 12.9. The highest BCUT2D eigenvalue weighted by atomic mass is 16.5. The van der Waals surface area contributed by atoms with Crippen LogP contribution in [-0.4, -0.2) is 23.8 Å². The van der Waals surface area contributed by atoms with Gasteiger partial charge in [0.1, 0.15) is 5.84 Å². The summed E-state index contributed by atoms with van der Waals surface area (Å²) in [5.74, 6) is 0.298. The Morgan fingerprint density at radius 1 is 1.37 bits per heavy atom. The highest BCUT2D eigenvalue weighted by Crippen LogP contribution is 2.36. The van der Waals surface area contributed by atoms with Gasteiger partial charge < -0.3 is 15.7 Å². The van der Waals surface area contributed by atoms with Gasteiger partial charge >= 0.3 is 0 Å². The van der Waals surface area contributed by atoms with Gasteiger partial charge in [-0.25, -0.2) is 0 Å². The predicted molar refractivity (Wildman–Crippen MR) is 78.4 cm³/mol. The lowest BCUT2D eigenvalue weighted by molar-refractivity contribution is 0.00135. The molecule has 0 aromatic carbocycles. The molecule has 0 spiro atoms. The van der Waals surface area contributed by atoms with E-state index in [2.05, 4.69) is 19.0 Å². The van der Waals surface area contributed by atoms with Crippen LogP contribution in [0.1, 0.15) is 66.2 Å². The largest absolute Gasteiger partial charge is 0.409 e. The molecule has 0 radical (unpaired) electrons. The van der Waals surface area contributed by atoms with E-state index in [0.717, 1.165) is 19.4 Å². The first-order valence-electron chi connectivity index (χ1n) is 7.36. The minimum absolute atomic E-state index is 0.257. The first-order valence-corrected chi connectivity index (χ1v) is 7.36. The van der Waals surface area contributed by atoms with E-state index in [1.54, 1.807) is 0 Å².